The summed E-state index contributed by atoms with van der Waals surface area (Å²) in [7, 11) is 0. The minimum atomic E-state index is -0.387. The number of nitro benzene ring substituents is 1. The van der Waals surface area contributed by atoms with Gasteiger partial charge in [0.15, 0.2) is 0 Å². The second-order valence-electron chi connectivity index (χ2n) is 5.15. The van der Waals surface area contributed by atoms with Gasteiger partial charge in [0, 0.05) is 23.9 Å². The van der Waals surface area contributed by atoms with Gasteiger partial charge in [-0.05, 0) is 49.6 Å². The Balaban J connectivity index is 2.21. The van der Waals surface area contributed by atoms with Crippen LogP contribution in [0.25, 0.3) is 0 Å². The van der Waals surface area contributed by atoms with E-state index in [0.29, 0.717) is 23.4 Å². The Bertz CT molecular complexity index is 699. The third-order valence-corrected chi connectivity index (χ3v) is 3.44. The molecule has 0 saturated heterocycles. The van der Waals surface area contributed by atoms with Gasteiger partial charge in [0.1, 0.15) is 5.82 Å². The number of hydrogen-bond donors (Lipinski definition) is 1. The lowest BCUT2D eigenvalue weighted by atomic mass is 10.1. The van der Waals surface area contributed by atoms with E-state index in [0.717, 1.165) is 11.1 Å². The molecule has 0 heterocycles. The summed E-state index contributed by atoms with van der Waals surface area (Å²) in [6, 6.07) is 8.22. The highest BCUT2D eigenvalue weighted by Gasteiger charge is 2.13. The SMILES string of the molecule is Cc1cc(CNc2cc([N+](=O)[O-])c(C)cc2C)ccc1F. The van der Waals surface area contributed by atoms with Crippen molar-refractivity contribution >= 4 is 11.4 Å². The number of benzene rings is 2. The van der Waals surface area contributed by atoms with Crippen molar-refractivity contribution in [1.82, 2.24) is 0 Å². The van der Waals surface area contributed by atoms with Crippen molar-refractivity contribution in [3.63, 3.8) is 0 Å². The standard InChI is InChI=1S/C16H17FN2O2/c1-10-7-13(4-5-14(10)17)9-18-15-8-16(19(20)21)12(3)6-11(15)2/h4-8,18H,9H2,1-3H3. The molecule has 0 atom stereocenters. The van der Waals surface area contributed by atoms with Crippen molar-refractivity contribution in [2.75, 3.05) is 5.32 Å². The minimum absolute atomic E-state index is 0.0957. The van der Waals surface area contributed by atoms with Gasteiger partial charge in [0.25, 0.3) is 5.69 Å². The Kier molecular flexibility index (Phi) is 4.21. The number of aryl methyl sites for hydroxylation is 3. The van der Waals surface area contributed by atoms with Crippen LogP contribution >= 0.6 is 0 Å². The van der Waals surface area contributed by atoms with E-state index in [4.69, 9.17) is 0 Å². The summed E-state index contributed by atoms with van der Waals surface area (Å²) >= 11 is 0. The predicted octanol–water partition coefficient (Wildman–Crippen LogP) is 4.27. The molecule has 0 unspecified atom stereocenters. The van der Waals surface area contributed by atoms with Gasteiger partial charge >= 0.3 is 0 Å². The maximum Gasteiger partial charge on any atom is 0.274 e. The van der Waals surface area contributed by atoms with E-state index in [1.165, 1.54) is 6.07 Å². The zero-order valence-electron chi connectivity index (χ0n) is 12.2. The Hall–Kier alpha value is -2.43. The monoisotopic (exact) mass is 288 g/mol. The molecule has 0 spiro atoms. The molecule has 0 radical (unpaired) electrons. The fourth-order valence-electron chi connectivity index (χ4n) is 2.24. The molecular formula is C16H17FN2O2. The quantitative estimate of drug-likeness (QED) is 0.675. The molecule has 0 saturated carbocycles. The number of hydrogen-bond acceptors (Lipinski definition) is 3. The van der Waals surface area contributed by atoms with E-state index in [9.17, 15) is 14.5 Å². The molecule has 0 amide bonds. The number of nitro groups is 1. The highest BCUT2D eigenvalue weighted by Crippen LogP contribution is 2.26. The second kappa shape index (κ2) is 5.91. The number of anilines is 1. The molecule has 0 aromatic heterocycles. The third-order valence-electron chi connectivity index (χ3n) is 3.44. The van der Waals surface area contributed by atoms with Gasteiger partial charge in [-0.3, -0.25) is 10.1 Å². The van der Waals surface area contributed by atoms with Crippen molar-refractivity contribution in [3.05, 3.63) is 68.5 Å². The molecule has 0 aliphatic heterocycles. The zero-order chi connectivity index (χ0) is 15.6. The molecular weight excluding hydrogens is 271 g/mol. The summed E-state index contributed by atoms with van der Waals surface area (Å²) in [4.78, 5) is 10.6. The molecule has 0 bridgehead atoms. The van der Waals surface area contributed by atoms with Gasteiger partial charge in [0.05, 0.1) is 4.92 Å². The fourth-order valence-corrected chi connectivity index (χ4v) is 2.24. The van der Waals surface area contributed by atoms with Crippen LogP contribution in [0.15, 0.2) is 30.3 Å². The lowest BCUT2D eigenvalue weighted by Crippen LogP contribution is -2.03. The number of rotatable bonds is 4. The Labute approximate surface area is 122 Å². The first-order valence-electron chi connectivity index (χ1n) is 6.63. The van der Waals surface area contributed by atoms with Crippen LogP contribution in [0.3, 0.4) is 0 Å². The van der Waals surface area contributed by atoms with Gasteiger partial charge in [-0.1, -0.05) is 12.1 Å². The van der Waals surface area contributed by atoms with E-state index in [1.54, 1.807) is 38.1 Å². The smallest absolute Gasteiger partial charge is 0.274 e. The van der Waals surface area contributed by atoms with Crippen LogP contribution in [0.5, 0.6) is 0 Å². The van der Waals surface area contributed by atoms with Crippen molar-refractivity contribution < 1.29 is 9.31 Å². The van der Waals surface area contributed by atoms with Crippen LogP contribution in [0.2, 0.25) is 0 Å². The molecule has 110 valence electrons. The van der Waals surface area contributed by atoms with Crippen LogP contribution < -0.4 is 5.32 Å². The van der Waals surface area contributed by atoms with Gasteiger partial charge in [-0.2, -0.15) is 0 Å². The highest BCUT2D eigenvalue weighted by molar-refractivity contribution is 5.60. The highest BCUT2D eigenvalue weighted by atomic mass is 19.1. The van der Waals surface area contributed by atoms with Gasteiger partial charge in [-0.15, -0.1) is 0 Å². The first-order valence-corrected chi connectivity index (χ1v) is 6.63. The summed E-state index contributed by atoms with van der Waals surface area (Å²) in [6.07, 6.45) is 0. The van der Waals surface area contributed by atoms with Crippen molar-refractivity contribution in [2.24, 2.45) is 0 Å². The van der Waals surface area contributed by atoms with E-state index in [1.807, 2.05) is 6.92 Å². The van der Waals surface area contributed by atoms with Crippen LogP contribution in [0.4, 0.5) is 15.8 Å². The van der Waals surface area contributed by atoms with Crippen LogP contribution in [0.1, 0.15) is 22.3 Å². The number of nitrogens with zero attached hydrogens (tertiary/aromatic N) is 1. The predicted molar refractivity (Wildman–Crippen MR) is 81.0 cm³/mol. The average molecular weight is 288 g/mol. The molecule has 0 aliphatic rings. The topological polar surface area (TPSA) is 55.2 Å². The van der Waals surface area contributed by atoms with Crippen molar-refractivity contribution in [2.45, 2.75) is 27.3 Å². The van der Waals surface area contributed by atoms with E-state index < -0.39 is 0 Å². The first kappa shape index (κ1) is 15.0. The number of nitrogens with one attached hydrogen (secondary N) is 1. The molecule has 2 rings (SSSR count). The molecule has 2 aromatic rings. The van der Waals surface area contributed by atoms with Gasteiger partial charge in [0.2, 0.25) is 0 Å². The van der Waals surface area contributed by atoms with Gasteiger partial charge < -0.3 is 5.32 Å². The summed E-state index contributed by atoms with van der Waals surface area (Å²) < 4.78 is 13.2. The molecule has 4 nitrogen and oxygen atoms in total. The first-order chi connectivity index (χ1) is 9.88. The summed E-state index contributed by atoms with van der Waals surface area (Å²) in [5.74, 6) is -0.235. The molecule has 5 heteroatoms. The van der Waals surface area contributed by atoms with E-state index in [-0.39, 0.29) is 16.4 Å². The van der Waals surface area contributed by atoms with E-state index in [2.05, 4.69) is 5.32 Å². The van der Waals surface area contributed by atoms with Crippen LogP contribution in [-0.2, 0) is 6.54 Å². The Morgan fingerprint density at radius 2 is 1.81 bits per heavy atom. The summed E-state index contributed by atoms with van der Waals surface area (Å²) in [5, 5.41) is 14.1. The van der Waals surface area contributed by atoms with Gasteiger partial charge in [-0.25, -0.2) is 4.39 Å². The Morgan fingerprint density at radius 3 is 2.43 bits per heavy atom. The second-order valence-corrected chi connectivity index (χ2v) is 5.15. The van der Waals surface area contributed by atoms with E-state index >= 15 is 0 Å². The molecule has 0 fully saturated rings. The maximum absolute atomic E-state index is 13.2. The molecule has 0 aliphatic carbocycles. The molecule has 2 aromatic carbocycles. The molecule has 21 heavy (non-hydrogen) atoms. The summed E-state index contributed by atoms with van der Waals surface area (Å²) in [6.45, 7) is 5.82. The van der Waals surface area contributed by atoms with Crippen molar-refractivity contribution in [1.29, 1.82) is 0 Å². The Morgan fingerprint density at radius 1 is 1.10 bits per heavy atom. The maximum atomic E-state index is 13.2. The zero-order valence-corrected chi connectivity index (χ0v) is 12.2. The lowest BCUT2D eigenvalue weighted by Gasteiger charge is -2.11. The van der Waals surface area contributed by atoms with Crippen LogP contribution in [0, 0.1) is 36.7 Å². The van der Waals surface area contributed by atoms with Crippen LogP contribution in [-0.4, -0.2) is 4.92 Å². The lowest BCUT2D eigenvalue weighted by molar-refractivity contribution is -0.385. The molecule has 1 N–H and O–H groups in total. The largest absolute Gasteiger partial charge is 0.381 e. The normalized spacial score (nSPS) is 10.5. The minimum Gasteiger partial charge on any atom is -0.381 e. The number of halogens is 1. The van der Waals surface area contributed by atoms with Crippen molar-refractivity contribution in [3.8, 4) is 0 Å². The third kappa shape index (κ3) is 3.37. The fraction of sp³-hybridized carbons (Fsp3) is 0.250. The summed E-state index contributed by atoms with van der Waals surface area (Å²) in [5.41, 5.74) is 3.91. The average Bonchev–Trinajstić information content (AvgIpc) is 2.41.